The van der Waals surface area contributed by atoms with Gasteiger partial charge in [0.25, 0.3) is 11.6 Å². The molecular formula is C26H20N4O6S. The quantitative estimate of drug-likeness (QED) is 0.285. The molecule has 2 amide bonds. The number of non-ortho nitro benzene ring substituents is 1. The van der Waals surface area contributed by atoms with Crippen LogP contribution in [0.5, 0.6) is 11.5 Å². The molecule has 0 fully saturated rings. The second-order valence-corrected chi connectivity index (χ2v) is 9.10. The molecule has 1 N–H and O–H groups in total. The number of nitrogens with zero attached hydrogens (tertiary/aromatic N) is 3. The predicted molar refractivity (Wildman–Crippen MR) is 141 cm³/mol. The van der Waals surface area contributed by atoms with Gasteiger partial charge in [-0.3, -0.25) is 24.6 Å². The minimum absolute atomic E-state index is 0.0610. The van der Waals surface area contributed by atoms with E-state index in [9.17, 15) is 19.7 Å². The van der Waals surface area contributed by atoms with Crippen molar-refractivity contribution in [3.05, 3.63) is 93.7 Å². The zero-order chi connectivity index (χ0) is 25.9. The summed E-state index contributed by atoms with van der Waals surface area (Å²) in [7, 11) is 0. The van der Waals surface area contributed by atoms with Crippen molar-refractivity contribution in [2.45, 2.75) is 6.92 Å². The molecule has 0 spiro atoms. The Morgan fingerprint density at radius 1 is 1.14 bits per heavy atom. The number of aliphatic imine (C=N–C) groups is 1. The van der Waals surface area contributed by atoms with Crippen LogP contribution in [0, 0.1) is 17.0 Å². The number of fused-ring (bicyclic) bond motifs is 1. The minimum atomic E-state index is -0.531. The molecule has 5 rings (SSSR count). The van der Waals surface area contributed by atoms with Gasteiger partial charge in [0, 0.05) is 17.8 Å². The monoisotopic (exact) mass is 516 g/mol. The largest absolute Gasteiger partial charge is 0.454 e. The molecule has 0 radical (unpaired) electrons. The highest BCUT2D eigenvalue weighted by Crippen LogP contribution is 2.34. The number of aryl methyl sites for hydroxylation is 1. The highest BCUT2D eigenvalue weighted by atomic mass is 32.2. The predicted octanol–water partition coefficient (Wildman–Crippen LogP) is 4.75. The molecule has 0 unspecified atom stereocenters. The van der Waals surface area contributed by atoms with E-state index in [1.807, 2.05) is 31.2 Å². The highest BCUT2D eigenvalue weighted by molar-refractivity contribution is 8.14. The number of amidine groups is 1. The van der Waals surface area contributed by atoms with Crippen LogP contribution < -0.4 is 19.7 Å². The van der Waals surface area contributed by atoms with E-state index in [4.69, 9.17) is 9.47 Å². The summed E-state index contributed by atoms with van der Waals surface area (Å²) < 4.78 is 10.8. The molecule has 186 valence electrons. The van der Waals surface area contributed by atoms with Crippen molar-refractivity contribution in [1.82, 2.24) is 0 Å². The standard InChI is InChI=1S/C26H20N4O6S/c1-16-5-8-19(9-6-16)29-25(32)21(11-17-7-10-22-23(12-17)36-15-35-22)28-26(29)37-14-24(31)27-18-3-2-4-20(13-18)30(33)34/h2-13H,14-15H2,1H3,(H,27,31)/b21-11+. The Morgan fingerprint density at radius 2 is 1.92 bits per heavy atom. The summed E-state index contributed by atoms with van der Waals surface area (Å²) in [6, 6.07) is 18.4. The van der Waals surface area contributed by atoms with Gasteiger partial charge < -0.3 is 14.8 Å². The molecule has 2 aliphatic heterocycles. The van der Waals surface area contributed by atoms with Gasteiger partial charge in [0.15, 0.2) is 16.7 Å². The first kappa shape index (κ1) is 24.1. The Balaban J connectivity index is 1.37. The fraction of sp³-hybridized carbons (Fsp3) is 0.115. The summed E-state index contributed by atoms with van der Waals surface area (Å²) in [4.78, 5) is 42.4. The Morgan fingerprint density at radius 3 is 2.70 bits per heavy atom. The van der Waals surface area contributed by atoms with Crippen molar-refractivity contribution in [2.75, 3.05) is 22.8 Å². The summed E-state index contributed by atoms with van der Waals surface area (Å²) in [5.41, 5.74) is 2.77. The number of nitrogens with one attached hydrogen (secondary N) is 1. The molecule has 2 aliphatic rings. The van der Waals surface area contributed by atoms with Crippen LogP contribution in [-0.4, -0.2) is 34.5 Å². The third-order valence-electron chi connectivity index (χ3n) is 5.49. The van der Waals surface area contributed by atoms with Crippen molar-refractivity contribution < 1.29 is 24.0 Å². The maximum Gasteiger partial charge on any atom is 0.283 e. The number of amides is 2. The summed E-state index contributed by atoms with van der Waals surface area (Å²) in [6.45, 7) is 2.09. The van der Waals surface area contributed by atoms with Gasteiger partial charge in [0.05, 0.1) is 16.4 Å². The van der Waals surface area contributed by atoms with Crippen molar-refractivity contribution in [2.24, 2.45) is 4.99 Å². The van der Waals surface area contributed by atoms with Gasteiger partial charge in [-0.25, -0.2) is 4.99 Å². The number of carbonyl (C=O) groups is 2. The summed E-state index contributed by atoms with van der Waals surface area (Å²) in [6.07, 6.45) is 1.65. The molecule has 11 heteroatoms. The third-order valence-corrected chi connectivity index (χ3v) is 6.43. The van der Waals surface area contributed by atoms with Crippen LogP contribution in [0.25, 0.3) is 6.08 Å². The fourth-order valence-corrected chi connectivity index (χ4v) is 4.51. The fourth-order valence-electron chi connectivity index (χ4n) is 3.70. The van der Waals surface area contributed by atoms with Crippen molar-refractivity contribution in [1.29, 1.82) is 0 Å². The first-order chi connectivity index (χ1) is 17.9. The number of benzene rings is 3. The number of thioether (sulfide) groups is 1. The van der Waals surface area contributed by atoms with Crippen LogP contribution in [0.15, 0.2) is 77.4 Å². The smallest absolute Gasteiger partial charge is 0.283 e. The summed E-state index contributed by atoms with van der Waals surface area (Å²) in [5.74, 6) is 0.442. The van der Waals surface area contributed by atoms with E-state index >= 15 is 0 Å². The number of rotatable bonds is 6. The molecule has 0 saturated heterocycles. The average Bonchev–Trinajstić information content (AvgIpc) is 3.47. The van der Waals surface area contributed by atoms with Crippen LogP contribution in [-0.2, 0) is 9.59 Å². The minimum Gasteiger partial charge on any atom is -0.454 e. The molecule has 2 heterocycles. The Kier molecular flexibility index (Phi) is 6.60. The van der Waals surface area contributed by atoms with Crippen molar-refractivity contribution in [3.63, 3.8) is 0 Å². The zero-order valence-corrected chi connectivity index (χ0v) is 20.4. The first-order valence-corrected chi connectivity index (χ1v) is 12.1. The van der Waals surface area contributed by atoms with E-state index in [1.165, 1.54) is 23.1 Å². The molecule has 0 aromatic heterocycles. The molecular weight excluding hydrogens is 496 g/mol. The van der Waals surface area contributed by atoms with E-state index in [0.717, 1.165) is 22.9 Å². The molecule has 10 nitrogen and oxygen atoms in total. The maximum atomic E-state index is 13.4. The van der Waals surface area contributed by atoms with E-state index in [-0.39, 0.29) is 29.8 Å². The second kappa shape index (κ2) is 10.2. The van der Waals surface area contributed by atoms with E-state index in [2.05, 4.69) is 10.3 Å². The number of hydrogen-bond donors (Lipinski definition) is 1. The molecule has 0 bridgehead atoms. The molecule has 0 aliphatic carbocycles. The van der Waals surface area contributed by atoms with E-state index in [1.54, 1.807) is 30.3 Å². The topological polar surface area (TPSA) is 123 Å². The molecule has 0 atom stereocenters. The Hall–Kier alpha value is -4.64. The number of carbonyl (C=O) groups excluding carboxylic acids is 2. The number of nitro groups is 1. The van der Waals surface area contributed by atoms with Crippen LogP contribution in [0.4, 0.5) is 17.1 Å². The second-order valence-electron chi connectivity index (χ2n) is 8.16. The normalized spacial score (nSPS) is 15.2. The average molecular weight is 517 g/mol. The van der Waals surface area contributed by atoms with Crippen LogP contribution in [0.3, 0.4) is 0 Å². The lowest BCUT2D eigenvalue weighted by molar-refractivity contribution is -0.384. The number of hydrogen-bond acceptors (Lipinski definition) is 8. The Bertz CT molecular complexity index is 1470. The van der Waals surface area contributed by atoms with Gasteiger partial charge >= 0.3 is 0 Å². The molecule has 3 aromatic rings. The van der Waals surface area contributed by atoms with Crippen LogP contribution in [0.2, 0.25) is 0 Å². The van der Waals surface area contributed by atoms with Gasteiger partial charge in [-0.1, -0.05) is 41.6 Å². The molecule has 3 aromatic carbocycles. The third kappa shape index (κ3) is 5.31. The first-order valence-electron chi connectivity index (χ1n) is 11.2. The van der Waals surface area contributed by atoms with Gasteiger partial charge in [-0.2, -0.15) is 0 Å². The van der Waals surface area contributed by atoms with E-state index in [0.29, 0.717) is 28.0 Å². The summed E-state index contributed by atoms with van der Waals surface area (Å²) in [5, 5.41) is 14.0. The lowest BCUT2D eigenvalue weighted by Gasteiger charge is -2.18. The Labute approximate surface area is 215 Å². The zero-order valence-electron chi connectivity index (χ0n) is 19.5. The lowest BCUT2D eigenvalue weighted by Crippen LogP contribution is -2.31. The van der Waals surface area contributed by atoms with Crippen LogP contribution in [0.1, 0.15) is 11.1 Å². The van der Waals surface area contributed by atoms with Gasteiger partial charge in [-0.15, -0.1) is 0 Å². The number of anilines is 2. The van der Waals surface area contributed by atoms with Crippen LogP contribution >= 0.6 is 11.8 Å². The SMILES string of the molecule is Cc1ccc(N2C(=O)/C(=C\c3ccc4c(c3)OCO4)N=C2SCC(=O)Nc2cccc([N+](=O)[O-])c2)cc1. The maximum absolute atomic E-state index is 13.4. The van der Waals surface area contributed by atoms with Crippen molar-refractivity contribution >= 4 is 51.9 Å². The van der Waals surface area contributed by atoms with E-state index < -0.39 is 10.8 Å². The van der Waals surface area contributed by atoms with Gasteiger partial charge in [0.1, 0.15) is 5.70 Å². The molecule has 0 saturated carbocycles. The van der Waals surface area contributed by atoms with Crippen molar-refractivity contribution in [3.8, 4) is 11.5 Å². The lowest BCUT2D eigenvalue weighted by atomic mass is 10.1. The van der Waals surface area contributed by atoms with Gasteiger partial charge in [-0.05, 0) is 48.9 Å². The number of ether oxygens (including phenoxy) is 2. The van der Waals surface area contributed by atoms with Gasteiger partial charge in [0.2, 0.25) is 12.7 Å². The summed E-state index contributed by atoms with van der Waals surface area (Å²) >= 11 is 1.09. The highest BCUT2D eigenvalue weighted by Gasteiger charge is 2.32. The number of nitro benzene ring substituents is 1. The molecule has 37 heavy (non-hydrogen) atoms.